The Hall–Kier alpha value is -4.00. The molecule has 0 saturated carbocycles. The molecule has 34 heavy (non-hydrogen) atoms. The summed E-state index contributed by atoms with van der Waals surface area (Å²) in [6.45, 7) is 0.437. The Morgan fingerprint density at radius 3 is 1.94 bits per heavy atom. The fraction of sp³-hybridized carbons (Fsp3) is 0.148. The van der Waals surface area contributed by atoms with Crippen LogP contribution in [0.25, 0.3) is 5.69 Å². The molecule has 0 spiro atoms. The van der Waals surface area contributed by atoms with Crippen molar-refractivity contribution >= 4 is 5.91 Å². The van der Waals surface area contributed by atoms with Crippen LogP contribution in [0.2, 0.25) is 0 Å². The fourth-order valence-corrected chi connectivity index (χ4v) is 3.72. The van der Waals surface area contributed by atoms with E-state index >= 15 is 0 Å². The average Bonchev–Trinajstić information content (AvgIpc) is 3.38. The maximum Gasteiger partial charge on any atom is 0.416 e. The topological polar surface area (TPSA) is 34.5 Å². The molecule has 1 amide bonds. The Labute approximate surface area is 195 Å². The third kappa shape index (κ3) is 5.31. The maximum absolute atomic E-state index is 13.7. The van der Waals surface area contributed by atoms with Gasteiger partial charge in [0, 0.05) is 25.5 Å². The van der Waals surface area contributed by atoms with Crippen LogP contribution in [0.15, 0.2) is 97.3 Å². The van der Waals surface area contributed by atoms with Gasteiger partial charge in [-0.15, -0.1) is 0 Å². The monoisotopic (exact) mass is 464 g/mol. The highest BCUT2D eigenvalue weighted by atomic mass is 19.4. The fourth-order valence-electron chi connectivity index (χ4n) is 3.72. The lowest BCUT2D eigenvalue weighted by molar-refractivity contribution is -0.137. The number of benzene rings is 3. The molecule has 0 atom stereocenters. The molecular formula is C27H23F3N2O2. The number of methoxy groups -OCH3 is 1. The third-order valence-electron chi connectivity index (χ3n) is 5.49. The highest BCUT2D eigenvalue weighted by Gasteiger charge is 2.30. The molecule has 4 rings (SSSR count). The summed E-state index contributed by atoms with van der Waals surface area (Å²) in [7, 11) is 1.58. The van der Waals surface area contributed by atoms with Crippen molar-refractivity contribution in [3.8, 4) is 11.4 Å². The van der Waals surface area contributed by atoms with E-state index in [0.717, 1.165) is 23.4 Å². The van der Waals surface area contributed by atoms with Crippen LogP contribution in [0.4, 0.5) is 13.2 Å². The van der Waals surface area contributed by atoms with Gasteiger partial charge >= 0.3 is 6.18 Å². The summed E-state index contributed by atoms with van der Waals surface area (Å²) < 4.78 is 46.0. The first-order valence-corrected chi connectivity index (χ1v) is 10.7. The summed E-state index contributed by atoms with van der Waals surface area (Å²) in [5.74, 6) is 0.474. The number of halogens is 3. The molecular weight excluding hydrogens is 441 g/mol. The Bertz CT molecular complexity index is 1230. The van der Waals surface area contributed by atoms with Crippen LogP contribution in [-0.4, -0.2) is 22.5 Å². The second kappa shape index (κ2) is 9.87. The number of para-hydroxylation sites is 1. The van der Waals surface area contributed by atoms with Crippen molar-refractivity contribution < 1.29 is 22.7 Å². The number of carbonyl (C=O) groups is 1. The lowest BCUT2D eigenvalue weighted by Gasteiger charge is -2.25. The van der Waals surface area contributed by atoms with E-state index in [4.69, 9.17) is 4.74 Å². The molecule has 4 nitrogen and oxygen atoms in total. The van der Waals surface area contributed by atoms with Gasteiger partial charge < -0.3 is 14.2 Å². The summed E-state index contributed by atoms with van der Waals surface area (Å²) in [6, 6.07) is 23.3. The van der Waals surface area contributed by atoms with Gasteiger partial charge in [-0.25, -0.2) is 0 Å². The number of rotatable bonds is 7. The van der Waals surface area contributed by atoms with Gasteiger partial charge in [-0.3, -0.25) is 4.79 Å². The Balaban J connectivity index is 1.67. The molecule has 0 N–H and O–H groups in total. The van der Waals surface area contributed by atoms with Crippen LogP contribution >= 0.6 is 0 Å². The van der Waals surface area contributed by atoms with E-state index in [2.05, 4.69) is 0 Å². The van der Waals surface area contributed by atoms with Gasteiger partial charge in [-0.2, -0.15) is 13.2 Å². The predicted molar refractivity (Wildman–Crippen MR) is 124 cm³/mol. The van der Waals surface area contributed by atoms with Gasteiger partial charge in [-0.05, 0) is 59.7 Å². The number of hydrogen-bond donors (Lipinski definition) is 0. The Morgan fingerprint density at radius 2 is 1.38 bits per heavy atom. The van der Waals surface area contributed by atoms with E-state index in [1.807, 2.05) is 65.5 Å². The molecule has 0 fully saturated rings. The molecule has 4 aromatic rings. The zero-order valence-electron chi connectivity index (χ0n) is 18.5. The van der Waals surface area contributed by atoms with Crippen LogP contribution in [0, 0.1) is 0 Å². The summed E-state index contributed by atoms with van der Waals surface area (Å²) in [6.07, 6.45) is -0.696. The average molecular weight is 464 g/mol. The Morgan fingerprint density at radius 1 is 0.824 bits per heavy atom. The SMILES string of the molecule is COc1ccc(CN(Cc2ccc(C(F)(F)F)cc2)C(=O)c2ccccc2-n2cccc2)cc1. The highest BCUT2D eigenvalue weighted by Crippen LogP contribution is 2.29. The van der Waals surface area contributed by atoms with E-state index < -0.39 is 11.7 Å². The molecule has 0 aliphatic heterocycles. The van der Waals surface area contributed by atoms with Crippen molar-refractivity contribution in [1.82, 2.24) is 9.47 Å². The van der Waals surface area contributed by atoms with Crippen LogP contribution in [0.3, 0.4) is 0 Å². The van der Waals surface area contributed by atoms with Gasteiger partial charge in [0.25, 0.3) is 5.91 Å². The first-order valence-electron chi connectivity index (χ1n) is 10.7. The molecule has 1 aromatic heterocycles. The van der Waals surface area contributed by atoms with E-state index in [1.54, 1.807) is 24.1 Å². The van der Waals surface area contributed by atoms with Crippen LogP contribution in [0.1, 0.15) is 27.0 Å². The largest absolute Gasteiger partial charge is 0.497 e. The second-order valence-electron chi connectivity index (χ2n) is 7.81. The van der Waals surface area contributed by atoms with Crippen molar-refractivity contribution in [2.45, 2.75) is 19.3 Å². The quantitative estimate of drug-likeness (QED) is 0.320. The van der Waals surface area contributed by atoms with Crippen molar-refractivity contribution in [3.63, 3.8) is 0 Å². The number of hydrogen-bond acceptors (Lipinski definition) is 2. The van der Waals surface area contributed by atoms with Crippen molar-refractivity contribution in [2.24, 2.45) is 0 Å². The minimum atomic E-state index is -4.41. The van der Waals surface area contributed by atoms with Gasteiger partial charge in [0.15, 0.2) is 0 Å². The van der Waals surface area contributed by atoms with Gasteiger partial charge in [-0.1, -0.05) is 36.4 Å². The molecule has 0 radical (unpaired) electrons. The number of amides is 1. The smallest absolute Gasteiger partial charge is 0.416 e. The minimum absolute atomic E-state index is 0.156. The molecule has 0 bridgehead atoms. The van der Waals surface area contributed by atoms with Crippen LogP contribution in [-0.2, 0) is 19.3 Å². The van der Waals surface area contributed by atoms with E-state index in [9.17, 15) is 18.0 Å². The minimum Gasteiger partial charge on any atom is -0.497 e. The molecule has 174 valence electrons. The number of aromatic nitrogens is 1. The molecule has 3 aromatic carbocycles. The standard InChI is InChI=1S/C27H23F3N2O2/c1-34-23-14-10-21(11-15-23)19-32(18-20-8-12-22(13-9-20)27(28,29)30)26(33)24-6-2-3-7-25(24)31-16-4-5-17-31/h2-17H,18-19H2,1H3. The van der Waals surface area contributed by atoms with E-state index in [1.165, 1.54) is 12.1 Å². The normalized spacial score (nSPS) is 11.3. The van der Waals surface area contributed by atoms with Crippen molar-refractivity contribution in [2.75, 3.05) is 7.11 Å². The van der Waals surface area contributed by atoms with Gasteiger partial charge in [0.05, 0.1) is 23.9 Å². The first-order chi connectivity index (χ1) is 16.3. The Kier molecular flexibility index (Phi) is 6.72. The van der Waals surface area contributed by atoms with Gasteiger partial charge in [0.2, 0.25) is 0 Å². The number of ether oxygens (including phenoxy) is 1. The number of nitrogens with zero attached hydrogens (tertiary/aromatic N) is 2. The zero-order chi connectivity index (χ0) is 24.1. The summed E-state index contributed by atoms with van der Waals surface area (Å²) in [4.78, 5) is 15.4. The first kappa shape index (κ1) is 23.2. The molecule has 1 heterocycles. The zero-order valence-corrected chi connectivity index (χ0v) is 18.5. The third-order valence-corrected chi connectivity index (χ3v) is 5.49. The molecule has 0 saturated heterocycles. The van der Waals surface area contributed by atoms with Crippen molar-refractivity contribution in [3.05, 3.63) is 120 Å². The van der Waals surface area contributed by atoms with Crippen LogP contribution in [0.5, 0.6) is 5.75 Å². The van der Waals surface area contributed by atoms with E-state index in [0.29, 0.717) is 16.9 Å². The maximum atomic E-state index is 13.7. The molecule has 0 aliphatic carbocycles. The summed E-state index contributed by atoms with van der Waals surface area (Å²) in [5.41, 5.74) is 1.99. The summed E-state index contributed by atoms with van der Waals surface area (Å²) in [5, 5.41) is 0. The number of alkyl halides is 3. The lowest BCUT2D eigenvalue weighted by atomic mass is 10.1. The molecule has 0 unspecified atom stereocenters. The molecule has 7 heteroatoms. The van der Waals surface area contributed by atoms with Crippen molar-refractivity contribution in [1.29, 1.82) is 0 Å². The predicted octanol–water partition coefficient (Wildman–Crippen LogP) is 6.35. The van der Waals surface area contributed by atoms with E-state index in [-0.39, 0.29) is 19.0 Å². The molecule has 0 aliphatic rings. The highest BCUT2D eigenvalue weighted by molar-refractivity contribution is 5.97. The number of carbonyl (C=O) groups excluding carboxylic acids is 1. The second-order valence-corrected chi connectivity index (χ2v) is 7.81. The van der Waals surface area contributed by atoms with Gasteiger partial charge in [0.1, 0.15) is 5.75 Å². The lowest BCUT2D eigenvalue weighted by Crippen LogP contribution is -2.31. The summed E-state index contributed by atoms with van der Waals surface area (Å²) >= 11 is 0. The van der Waals surface area contributed by atoms with Crippen LogP contribution < -0.4 is 4.74 Å².